The van der Waals surface area contributed by atoms with E-state index in [0.717, 1.165) is 0 Å². The molecular weight excluding hydrogens is 188 g/mol. The van der Waals surface area contributed by atoms with Crippen molar-refractivity contribution in [1.82, 2.24) is 0 Å². The number of carboxylic acid groups (broad SMARTS) is 2. The van der Waals surface area contributed by atoms with Gasteiger partial charge in [0.2, 0.25) is 0 Å². The zero-order chi connectivity index (χ0) is 9.14. The van der Waals surface area contributed by atoms with E-state index in [-0.39, 0.29) is 22.1 Å². The molecule has 1 aromatic carbocycles. The molecule has 1 rings (SSSR count). The summed E-state index contributed by atoms with van der Waals surface area (Å²) in [5, 5.41) is 17.1. The average Bonchev–Trinajstić information content (AvgIpc) is 2.04. The Morgan fingerprint density at radius 2 is 1.23 bits per heavy atom. The topological polar surface area (TPSA) is 74.6 Å². The van der Waals surface area contributed by atoms with Crippen LogP contribution in [0.5, 0.6) is 0 Å². The molecule has 0 fully saturated rings. The highest BCUT2D eigenvalue weighted by Crippen LogP contribution is 2.07. The van der Waals surface area contributed by atoms with Gasteiger partial charge < -0.3 is 10.2 Å². The van der Waals surface area contributed by atoms with Gasteiger partial charge in [-0.2, -0.15) is 0 Å². The molecule has 66 valence electrons. The standard InChI is InChI=1S/C8H6O4.Si/c9-7(10)5-3-1-2-4-6(5)8(11)12;/h1-4H,(H,9,10)(H,11,12);. The van der Waals surface area contributed by atoms with Gasteiger partial charge in [0.05, 0.1) is 11.1 Å². The summed E-state index contributed by atoms with van der Waals surface area (Å²) in [5.41, 5.74) is -0.380. The Hall–Kier alpha value is -1.62. The van der Waals surface area contributed by atoms with Crippen LogP contribution in [0.25, 0.3) is 0 Å². The summed E-state index contributed by atoms with van der Waals surface area (Å²) in [6.45, 7) is 0. The molecule has 4 nitrogen and oxygen atoms in total. The van der Waals surface area contributed by atoms with E-state index in [0.29, 0.717) is 0 Å². The Balaban J connectivity index is 0.00000144. The molecule has 0 amide bonds. The molecule has 1 aromatic rings. The molecule has 0 aliphatic heterocycles. The first-order valence-corrected chi connectivity index (χ1v) is 3.18. The second-order valence-corrected chi connectivity index (χ2v) is 2.16. The van der Waals surface area contributed by atoms with Crippen molar-refractivity contribution in [2.75, 3.05) is 0 Å². The molecule has 0 unspecified atom stereocenters. The van der Waals surface area contributed by atoms with Gasteiger partial charge in [-0.1, -0.05) is 12.1 Å². The predicted octanol–water partition coefficient (Wildman–Crippen LogP) is 0.702. The molecule has 0 saturated carbocycles. The molecule has 0 spiro atoms. The van der Waals surface area contributed by atoms with E-state index in [9.17, 15) is 9.59 Å². The Morgan fingerprint density at radius 1 is 0.923 bits per heavy atom. The highest BCUT2D eigenvalue weighted by Gasteiger charge is 2.13. The first kappa shape index (κ1) is 11.4. The highest BCUT2D eigenvalue weighted by molar-refractivity contribution is 6.01. The summed E-state index contributed by atoms with van der Waals surface area (Å²) in [6.07, 6.45) is 0. The quantitative estimate of drug-likeness (QED) is 0.680. The Bertz CT molecular complexity index is 302. The van der Waals surface area contributed by atoms with E-state index in [4.69, 9.17) is 10.2 Å². The Morgan fingerprint density at radius 3 is 1.46 bits per heavy atom. The Labute approximate surface area is 78.8 Å². The number of aromatic carboxylic acids is 2. The molecule has 4 radical (unpaired) electrons. The minimum atomic E-state index is -1.23. The van der Waals surface area contributed by atoms with Crippen molar-refractivity contribution in [3.05, 3.63) is 35.4 Å². The van der Waals surface area contributed by atoms with Crippen molar-refractivity contribution < 1.29 is 19.8 Å². The van der Waals surface area contributed by atoms with Crippen molar-refractivity contribution in [2.45, 2.75) is 0 Å². The van der Waals surface area contributed by atoms with Gasteiger partial charge in [0.25, 0.3) is 0 Å². The highest BCUT2D eigenvalue weighted by atomic mass is 28.1. The van der Waals surface area contributed by atoms with Crippen LogP contribution in [-0.2, 0) is 0 Å². The second kappa shape index (κ2) is 4.41. The van der Waals surface area contributed by atoms with Gasteiger partial charge in [0.1, 0.15) is 0 Å². The molecule has 0 aromatic heterocycles. The van der Waals surface area contributed by atoms with E-state index in [2.05, 4.69) is 0 Å². The molecule has 0 atom stereocenters. The van der Waals surface area contributed by atoms with E-state index >= 15 is 0 Å². The van der Waals surface area contributed by atoms with Gasteiger partial charge in [-0.3, -0.25) is 0 Å². The minimum absolute atomic E-state index is 0. The van der Waals surface area contributed by atoms with Gasteiger partial charge in [0.15, 0.2) is 0 Å². The summed E-state index contributed by atoms with van der Waals surface area (Å²) in [4.78, 5) is 20.9. The summed E-state index contributed by atoms with van der Waals surface area (Å²) in [7, 11) is 0. The third-order valence-corrected chi connectivity index (χ3v) is 1.39. The molecule has 0 saturated heterocycles. The summed E-state index contributed by atoms with van der Waals surface area (Å²) in [6, 6.07) is 5.48. The van der Waals surface area contributed by atoms with Crippen LogP contribution < -0.4 is 0 Å². The summed E-state index contributed by atoms with van der Waals surface area (Å²) >= 11 is 0. The largest absolute Gasteiger partial charge is 0.478 e. The third kappa shape index (κ3) is 2.41. The third-order valence-electron chi connectivity index (χ3n) is 1.39. The molecule has 2 N–H and O–H groups in total. The molecule has 0 heterocycles. The van der Waals surface area contributed by atoms with Crippen molar-refractivity contribution in [1.29, 1.82) is 0 Å². The van der Waals surface area contributed by atoms with Crippen molar-refractivity contribution in [3.63, 3.8) is 0 Å². The SMILES string of the molecule is O=C(O)c1ccccc1C(=O)O.[Si]. The molecular formula is C8H6O4Si. The fourth-order valence-corrected chi connectivity index (χ4v) is 0.856. The van der Waals surface area contributed by atoms with Crippen LogP contribution in [-0.4, -0.2) is 33.1 Å². The lowest BCUT2D eigenvalue weighted by atomic mass is 10.1. The maximum absolute atomic E-state index is 10.5. The van der Waals surface area contributed by atoms with Crippen molar-refractivity contribution in [2.24, 2.45) is 0 Å². The maximum Gasteiger partial charge on any atom is 0.336 e. The molecule has 0 bridgehead atoms. The summed E-state index contributed by atoms with van der Waals surface area (Å²) < 4.78 is 0. The smallest absolute Gasteiger partial charge is 0.336 e. The first-order chi connectivity index (χ1) is 5.63. The van der Waals surface area contributed by atoms with Crippen LogP contribution in [0.1, 0.15) is 20.7 Å². The number of rotatable bonds is 2. The number of hydrogen-bond donors (Lipinski definition) is 2. The van der Waals surface area contributed by atoms with E-state index in [1.165, 1.54) is 24.3 Å². The zero-order valence-corrected chi connectivity index (χ0v) is 7.52. The van der Waals surface area contributed by atoms with E-state index < -0.39 is 11.9 Å². The molecule has 5 heteroatoms. The maximum atomic E-state index is 10.5. The normalized spacial score (nSPS) is 8.62. The average molecular weight is 194 g/mol. The van der Waals surface area contributed by atoms with Gasteiger partial charge in [-0.05, 0) is 12.1 Å². The molecule has 0 aliphatic rings. The van der Waals surface area contributed by atoms with Crippen molar-refractivity contribution >= 4 is 22.9 Å². The van der Waals surface area contributed by atoms with Gasteiger partial charge >= 0.3 is 11.9 Å². The van der Waals surface area contributed by atoms with Gasteiger partial charge in [-0.25, -0.2) is 9.59 Å². The predicted molar refractivity (Wildman–Crippen MR) is 46.1 cm³/mol. The van der Waals surface area contributed by atoms with Crippen LogP contribution in [0, 0.1) is 0 Å². The number of carbonyl (C=O) groups is 2. The van der Waals surface area contributed by atoms with Gasteiger partial charge in [0, 0.05) is 11.0 Å². The molecule has 0 aliphatic carbocycles. The monoisotopic (exact) mass is 194 g/mol. The van der Waals surface area contributed by atoms with Gasteiger partial charge in [-0.15, -0.1) is 0 Å². The fraction of sp³-hybridized carbons (Fsp3) is 0. The second-order valence-electron chi connectivity index (χ2n) is 2.16. The summed E-state index contributed by atoms with van der Waals surface area (Å²) in [5.74, 6) is -2.46. The lowest BCUT2D eigenvalue weighted by Crippen LogP contribution is -2.06. The Kier molecular flexibility index (Phi) is 3.86. The zero-order valence-electron chi connectivity index (χ0n) is 6.52. The lowest BCUT2D eigenvalue weighted by molar-refractivity contribution is 0.0651. The van der Waals surface area contributed by atoms with E-state index in [1.54, 1.807) is 0 Å². The van der Waals surface area contributed by atoms with Crippen LogP contribution in [0.2, 0.25) is 0 Å². The van der Waals surface area contributed by atoms with E-state index in [1.807, 2.05) is 0 Å². The van der Waals surface area contributed by atoms with Crippen LogP contribution in [0.4, 0.5) is 0 Å². The minimum Gasteiger partial charge on any atom is -0.478 e. The first-order valence-electron chi connectivity index (χ1n) is 3.18. The van der Waals surface area contributed by atoms with Crippen LogP contribution >= 0.6 is 0 Å². The number of benzene rings is 1. The van der Waals surface area contributed by atoms with Crippen LogP contribution in [0.15, 0.2) is 24.3 Å². The number of hydrogen-bond acceptors (Lipinski definition) is 2. The lowest BCUT2D eigenvalue weighted by Gasteiger charge is -1.98. The number of carboxylic acids is 2. The molecule has 13 heavy (non-hydrogen) atoms. The van der Waals surface area contributed by atoms with Crippen LogP contribution in [0.3, 0.4) is 0 Å². The van der Waals surface area contributed by atoms with Crippen molar-refractivity contribution in [3.8, 4) is 0 Å². The fourth-order valence-electron chi connectivity index (χ4n) is 0.856.